The first kappa shape index (κ1) is 11.5. The molecule has 0 unspecified atom stereocenters. The van der Waals surface area contributed by atoms with E-state index in [1.165, 1.54) is 11.1 Å². The minimum absolute atomic E-state index is 0.680. The number of benzene rings is 1. The van der Waals surface area contributed by atoms with Crippen molar-refractivity contribution >= 4 is 11.6 Å². The minimum Gasteiger partial charge on any atom is -0.312 e. The Bertz CT molecular complexity index is 294. The molecule has 0 atom stereocenters. The highest BCUT2D eigenvalue weighted by Crippen LogP contribution is 2.17. The summed E-state index contributed by atoms with van der Waals surface area (Å²) in [5, 5.41) is 4.24. The van der Waals surface area contributed by atoms with Gasteiger partial charge in [0.1, 0.15) is 0 Å². The predicted molar refractivity (Wildman–Crippen MR) is 62.7 cm³/mol. The van der Waals surface area contributed by atoms with E-state index in [0.717, 1.165) is 18.1 Å². The predicted octanol–water partition coefficient (Wildman–Crippen LogP) is 3.39. The normalized spacial score (nSPS) is 10.9. The fraction of sp³-hybridized carbons (Fsp3) is 0.500. The van der Waals surface area contributed by atoms with E-state index in [1.54, 1.807) is 0 Å². The zero-order chi connectivity index (χ0) is 10.6. The van der Waals surface area contributed by atoms with Gasteiger partial charge in [-0.3, -0.25) is 0 Å². The largest absolute Gasteiger partial charge is 0.312 e. The van der Waals surface area contributed by atoms with E-state index in [0.29, 0.717) is 5.92 Å². The van der Waals surface area contributed by atoms with Gasteiger partial charge >= 0.3 is 0 Å². The molecule has 0 bridgehead atoms. The molecule has 0 fully saturated rings. The Morgan fingerprint density at radius 3 is 2.64 bits per heavy atom. The molecule has 0 spiro atoms. The molecule has 1 rings (SSSR count). The molecular weight excluding hydrogens is 194 g/mol. The number of hydrogen-bond donors (Lipinski definition) is 1. The van der Waals surface area contributed by atoms with Crippen LogP contribution in [0.2, 0.25) is 5.02 Å². The van der Waals surface area contributed by atoms with E-state index in [2.05, 4.69) is 38.2 Å². The van der Waals surface area contributed by atoms with Gasteiger partial charge in [0, 0.05) is 11.6 Å². The number of hydrogen-bond acceptors (Lipinski definition) is 1. The second kappa shape index (κ2) is 5.38. The van der Waals surface area contributed by atoms with Crippen LogP contribution in [0.15, 0.2) is 18.2 Å². The van der Waals surface area contributed by atoms with Crippen molar-refractivity contribution in [2.45, 2.75) is 27.3 Å². The third-order valence-electron chi connectivity index (χ3n) is 2.08. The van der Waals surface area contributed by atoms with Crippen LogP contribution in [0.1, 0.15) is 25.0 Å². The molecule has 0 aromatic heterocycles. The van der Waals surface area contributed by atoms with E-state index in [9.17, 15) is 0 Å². The molecule has 1 aromatic carbocycles. The topological polar surface area (TPSA) is 12.0 Å². The van der Waals surface area contributed by atoms with Gasteiger partial charge in [0.2, 0.25) is 0 Å². The summed E-state index contributed by atoms with van der Waals surface area (Å²) in [6.07, 6.45) is 0. The zero-order valence-corrected chi connectivity index (χ0v) is 9.86. The standard InChI is InChI=1S/C12H18ClN/c1-9(2)7-14-8-11-5-4-10(3)6-12(11)13/h4-6,9,14H,7-8H2,1-3H3. The zero-order valence-electron chi connectivity index (χ0n) is 9.10. The van der Waals surface area contributed by atoms with E-state index in [-0.39, 0.29) is 0 Å². The summed E-state index contributed by atoms with van der Waals surface area (Å²) in [5.41, 5.74) is 2.39. The summed E-state index contributed by atoms with van der Waals surface area (Å²) < 4.78 is 0. The summed E-state index contributed by atoms with van der Waals surface area (Å²) in [6, 6.07) is 6.19. The monoisotopic (exact) mass is 211 g/mol. The molecular formula is C12H18ClN. The van der Waals surface area contributed by atoms with Crippen molar-refractivity contribution in [2.75, 3.05) is 6.54 Å². The van der Waals surface area contributed by atoms with Crippen LogP contribution >= 0.6 is 11.6 Å². The number of rotatable bonds is 4. The van der Waals surface area contributed by atoms with Crippen LogP contribution in [0, 0.1) is 12.8 Å². The highest BCUT2D eigenvalue weighted by atomic mass is 35.5. The highest BCUT2D eigenvalue weighted by Gasteiger charge is 2.00. The number of halogens is 1. The summed E-state index contributed by atoms with van der Waals surface area (Å²) in [6.45, 7) is 8.34. The van der Waals surface area contributed by atoms with Gasteiger partial charge in [-0.1, -0.05) is 37.6 Å². The Labute approximate surface area is 91.5 Å². The van der Waals surface area contributed by atoms with Crippen LogP contribution in [0.4, 0.5) is 0 Å². The van der Waals surface area contributed by atoms with Crippen LogP contribution < -0.4 is 5.32 Å². The van der Waals surface area contributed by atoms with Crippen molar-refractivity contribution in [2.24, 2.45) is 5.92 Å². The quantitative estimate of drug-likeness (QED) is 0.805. The molecule has 1 N–H and O–H groups in total. The van der Waals surface area contributed by atoms with Crippen molar-refractivity contribution in [3.05, 3.63) is 34.3 Å². The lowest BCUT2D eigenvalue weighted by molar-refractivity contribution is 0.552. The van der Waals surface area contributed by atoms with Crippen molar-refractivity contribution < 1.29 is 0 Å². The number of aryl methyl sites for hydroxylation is 1. The molecule has 2 heteroatoms. The maximum absolute atomic E-state index is 6.10. The van der Waals surface area contributed by atoms with Crippen molar-refractivity contribution in [3.8, 4) is 0 Å². The first-order valence-corrected chi connectivity index (χ1v) is 5.43. The van der Waals surface area contributed by atoms with Crippen molar-refractivity contribution in [3.63, 3.8) is 0 Å². The van der Waals surface area contributed by atoms with Crippen LogP contribution in [-0.4, -0.2) is 6.54 Å². The lowest BCUT2D eigenvalue weighted by atomic mass is 10.1. The summed E-state index contributed by atoms with van der Waals surface area (Å²) in [4.78, 5) is 0. The molecule has 0 amide bonds. The minimum atomic E-state index is 0.680. The number of nitrogens with one attached hydrogen (secondary N) is 1. The van der Waals surface area contributed by atoms with Crippen LogP contribution in [0.5, 0.6) is 0 Å². The van der Waals surface area contributed by atoms with E-state index >= 15 is 0 Å². The average Bonchev–Trinajstić information content (AvgIpc) is 2.08. The maximum atomic E-state index is 6.10. The Morgan fingerprint density at radius 2 is 2.07 bits per heavy atom. The summed E-state index contributed by atoms with van der Waals surface area (Å²) >= 11 is 6.10. The average molecular weight is 212 g/mol. The molecule has 0 saturated carbocycles. The Hall–Kier alpha value is -0.530. The molecule has 0 aliphatic heterocycles. The highest BCUT2D eigenvalue weighted by molar-refractivity contribution is 6.31. The molecule has 1 aromatic rings. The molecule has 0 aliphatic carbocycles. The summed E-state index contributed by atoms with van der Waals surface area (Å²) in [5.74, 6) is 0.680. The molecule has 0 aliphatic rings. The van der Waals surface area contributed by atoms with Crippen LogP contribution in [-0.2, 0) is 6.54 Å². The van der Waals surface area contributed by atoms with Gasteiger partial charge in [0.15, 0.2) is 0 Å². The third-order valence-corrected chi connectivity index (χ3v) is 2.43. The molecule has 0 saturated heterocycles. The van der Waals surface area contributed by atoms with Crippen LogP contribution in [0.3, 0.4) is 0 Å². The van der Waals surface area contributed by atoms with Gasteiger partial charge in [-0.15, -0.1) is 0 Å². The first-order chi connectivity index (χ1) is 6.59. The van der Waals surface area contributed by atoms with E-state index in [4.69, 9.17) is 11.6 Å². The molecule has 78 valence electrons. The molecule has 0 heterocycles. The van der Waals surface area contributed by atoms with Gasteiger partial charge in [-0.2, -0.15) is 0 Å². The first-order valence-electron chi connectivity index (χ1n) is 5.05. The van der Waals surface area contributed by atoms with E-state index < -0.39 is 0 Å². The van der Waals surface area contributed by atoms with Crippen molar-refractivity contribution in [1.82, 2.24) is 5.32 Å². The Morgan fingerprint density at radius 1 is 1.36 bits per heavy atom. The van der Waals surface area contributed by atoms with Gasteiger partial charge in [0.25, 0.3) is 0 Å². The van der Waals surface area contributed by atoms with Crippen LogP contribution in [0.25, 0.3) is 0 Å². The second-order valence-corrected chi connectivity index (χ2v) is 4.53. The Kier molecular flexibility index (Phi) is 4.43. The van der Waals surface area contributed by atoms with Gasteiger partial charge in [-0.05, 0) is 36.6 Å². The molecule has 1 nitrogen and oxygen atoms in total. The Balaban J connectivity index is 2.51. The second-order valence-electron chi connectivity index (χ2n) is 4.12. The third kappa shape index (κ3) is 3.69. The van der Waals surface area contributed by atoms with Gasteiger partial charge in [0.05, 0.1) is 0 Å². The van der Waals surface area contributed by atoms with Crippen molar-refractivity contribution in [1.29, 1.82) is 0 Å². The smallest absolute Gasteiger partial charge is 0.0453 e. The fourth-order valence-electron chi connectivity index (χ4n) is 1.29. The van der Waals surface area contributed by atoms with Gasteiger partial charge < -0.3 is 5.32 Å². The lowest BCUT2D eigenvalue weighted by Crippen LogP contribution is -2.19. The maximum Gasteiger partial charge on any atom is 0.0453 e. The lowest BCUT2D eigenvalue weighted by Gasteiger charge is -2.09. The summed E-state index contributed by atoms with van der Waals surface area (Å²) in [7, 11) is 0. The van der Waals surface area contributed by atoms with Gasteiger partial charge in [-0.25, -0.2) is 0 Å². The fourth-order valence-corrected chi connectivity index (χ4v) is 1.59. The molecule has 14 heavy (non-hydrogen) atoms. The molecule has 0 radical (unpaired) electrons. The van der Waals surface area contributed by atoms with E-state index in [1.807, 2.05) is 6.07 Å². The SMILES string of the molecule is Cc1ccc(CNCC(C)C)c(Cl)c1.